The number of nitrogens with zero attached hydrogens (tertiary/aromatic N) is 2. The predicted molar refractivity (Wildman–Crippen MR) is 127 cm³/mol. The molecule has 2 rings (SSSR count). The van der Waals surface area contributed by atoms with Crippen molar-refractivity contribution in [1.82, 2.24) is 9.80 Å². The fourth-order valence-electron chi connectivity index (χ4n) is 3.29. The highest BCUT2D eigenvalue weighted by Gasteiger charge is 2.29. The van der Waals surface area contributed by atoms with E-state index in [1.54, 1.807) is 16.2 Å². The Balaban J connectivity index is 2.16. The molecule has 6 heteroatoms. The molecule has 0 saturated carbocycles. The molecule has 0 fully saturated rings. The number of aryl methyl sites for hydroxylation is 1. The second kappa shape index (κ2) is 12.0. The molecule has 0 spiro atoms. The van der Waals surface area contributed by atoms with E-state index in [0.717, 1.165) is 10.4 Å². The molecule has 0 aliphatic rings. The number of carbonyl (C=O) groups is 2. The molecule has 0 bridgehead atoms. The molecule has 0 aliphatic carbocycles. The SMILES string of the molecule is CCOCCCN(CC(=O)N(Cc1ccccc1)Cc1ccc(C)s1)C(=O)C(C)(C)C. The van der Waals surface area contributed by atoms with Crippen molar-refractivity contribution in [1.29, 1.82) is 0 Å². The van der Waals surface area contributed by atoms with Gasteiger partial charge in [0.1, 0.15) is 0 Å². The second-order valence-corrected chi connectivity index (χ2v) is 10.1. The monoisotopic (exact) mass is 444 g/mol. The summed E-state index contributed by atoms with van der Waals surface area (Å²) in [4.78, 5) is 32.3. The maximum absolute atomic E-state index is 13.4. The third-order valence-electron chi connectivity index (χ3n) is 4.89. The number of rotatable bonds is 11. The van der Waals surface area contributed by atoms with Gasteiger partial charge in [0, 0.05) is 41.5 Å². The topological polar surface area (TPSA) is 49.9 Å². The van der Waals surface area contributed by atoms with Gasteiger partial charge in [0.2, 0.25) is 11.8 Å². The van der Waals surface area contributed by atoms with Crippen LogP contribution in [0.4, 0.5) is 0 Å². The van der Waals surface area contributed by atoms with Gasteiger partial charge in [-0.3, -0.25) is 9.59 Å². The normalized spacial score (nSPS) is 11.4. The molecule has 0 radical (unpaired) electrons. The van der Waals surface area contributed by atoms with Gasteiger partial charge in [-0.15, -0.1) is 11.3 Å². The molecule has 0 saturated heterocycles. The minimum atomic E-state index is -0.541. The third kappa shape index (κ3) is 8.46. The van der Waals surface area contributed by atoms with Gasteiger partial charge in [-0.25, -0.2) is 0 Å². The van der Waals surface area contributed by atoms with Crippen LogP contribution in [0.15, 0.2) is 42.5 Å². The van der Waals surface area contributed by atoms with Crippen molar-refractivity contribution in [3.8, 4) is 0 Å². The Bertz CT molecular complexity index is 827. The van der Waals surface area contributed by atoms with Crippen molar-refractivity contribution in [3.63, 3.8) is 0 Å². The number of hydrogen-bond donors (Lipinski definition) is 0. The van der Waals surface area contributed by atoms with Crippen LogP contribution in [-0.4, -0.2) is 47.9 Å². The number of ether oxygens (including phenoxy) is 1. The summed E-state index contributed by atoms with van der Waals surface area (Å²) in [5, 5.41) is 0. The average Bonchev–Trinajstić information content (AvgIpc) is 3.14. The van der Waals surface area contributed by atoms with Gasteiger partial charge >= 0.3 is 0 Å². The quantitative estimate of drug-likeness (QED) is 0.464. The zero-order valence-corrected chi connectivity index (χ0v) is 20.3. The average molecular weight is 445 g/mol. The zero-order chi connectivity index (χ0) is 22.9. The Morgan fingerprint density at radius 2 is 1.71 bits per heavy atom. The molecular weight excluding hydrogens is 408 g/mol. The van der Waals surface area contributed by atoms with Crippen molar-refractivity contribution in [2.45, 2.75) is 54.1 Å². The van der Waals surface area contributed by atoms with Gasteiger partial charge in [-0.1, -0.05) is 51.1 Å². The number of thiophene rings is 1. The van der Waals surface area contributed by atoms with E-state index in [4.69, 9.17) is 4.74 Å². The maximum Gasteiger partial charge on any atom is 0.242 e. The fraction of sp³-hybridized carbons (Fsp3) is 0.520. The molecule has 31 heavy (non-hydrogen) atoms. The van der Waals surface area contributed by atoms with Gasteiger partial charge < -0.3 is 14.5 Å². The lowest BCUT2D eigenvalue weighted by Crippen LogP contribution is -2.46. The van der Waals surface area contributed by atoms with Gasteiger partial charge in [0.25, 0.3) is 0 Å². The second-order valence-electron chi connectivity index (χ2n) is 8.77. The number of hydrogen-bond acceptors (Lipinski definition) is 4. The number of amides is 2. The van der Waals surface area contributed by atoms with Gasteiger partial charge in [-0.2, -0.15) is 0 Å². The van der Waals surface area contributed by atoms with E-state index in [9.17, 15) is 9.59 Å². The van der Waals surface area contributed by atoms with Crippen molar-refractivity contribution >= 4 is 23.2 Å². The summed E-state index contributed by atoms with van der Waals surface area (Å²) in [6.45, 7) is 12.6. The van der Waals surface area contributed by atoms with Gasteiger partial charge in [0.15, 0.2) is 0 Å². The molecule has 2 amide bonds. The molecule has 2 aromatic rings. The van der Waals surface area contributed by atoms with E-state index < -0.39 is 5.41 Å². The minimum absolute atomic E-state index is 0.0102. The van der Waals surface area contributed by atoms with Gasteiger partial charge in [0.05, 0.1) is 13.1 Å². The zero-order valence-electron chi connectivity index (χ0n) is 19.5. The summed E-state index contributed by atoms with van der Waals surface area (Å²) < 4.78 is 5.43. The summed E-state index contributed by atoms with van der Waals surface area (Å²) in [7, 11) is 0. The summed E-state index contributed by atoms with van der Waals surface area (Å²) in [6.07, 6.45) is 0.714. The van der Waals surface area contributed by atoms with E-state index >= 15 is 0 Å². The highest BCUT2D eigenvalue weighted by molar-refractivity contribution is 7.11. The van der Waals surface area contributed by atoms with Crippen LogP contribution >= 0.6 is 11.3 Å². The standard InChI is InChI=1S/C25H36N2O3S/c1-6-30-16-10-15-26(24(29)25(3,4)5)19-23(28)27(17-21-11-8-7-9-12-21)18-22-14-13-20(2)31-22/h7-9,11-14H,6,10,15-19H2,1-5H3. The Morgan fingerprint density at radius 3 is 2.29 bits per heavy atom. The molecule has 0 aliphatic heterocycles. The highest BCUT2D eigenvalue weighted by atomic mass is 32.1. The van der Waals surface area contributed by atoms with Crippen LogP contribution < -0.4 is 0 Å². The first-order valence-corrected chi connectivity index (χ1v) is 11.8. The first-order valence-electron chi connectivity index (χ1n) is 10.9. The van der Waals surface area contributed by atoms with Crippen molar-refractivity contribution in [2.24, 2.45) is 5.41 Å². The predicted octanol–water partition coefficient (Wildman–Crippen LogP) is 4.89. The van der Waals surface area contributed by atoms with Crippen LogP contribution in [-0.2, 0) is 27.4 Å². The van der Waals surface area contributed by atoms with Crippen molar-refractivity contribution < 1.29 is 14.3 Å². The Labute approximate surface area is 191 Å². The maximum atomic E-state index is 13.4. The van der Waals surface area contributed by atoms with E-state index in [2.05, 4.69) is 19.1 Å². The largest absolute Gasteiger partial charge is 0.382 e. The van der Waals surface area contributed by atoms with Crippen molar-refractivity contribution in [2.75, 3.05) is 26.3 Å². The number of benzene rings is 1. The van der Waals surface area contributed by atoms with Crippen molar-refractivity contribution in [3.05, 3.63) is 57.8 Å². The van der Waals surface area contributed by atoms with Crippen LogP contribution in [0.5, 0.6) is 0 Å². The molecule has 0 N–H and O–H groups in total. The Hall–Kier alpha value is -2.18. The summed E-state index contributed by atoms with van der Waals surface area (Å²) in [5.41, 5.74) is 0.537. The van der Waals surface area contributed by atoms with E-state index in [-0.39, 0.29) is 18.4 Å². The molecular formula is C25H36N2O3S. The minimum Gasteiger partial charge on any atom is -0.382 e. The lowest BCUT2D eigenvalue weighted by molar-refractivity contribution is -0.146. The van der Waals surface area contributed by atoms with E-state index in [1.807, 2.05) is 62.9 Å². The van der Waals surface area contributed by atoms with Crippen LogP contribution in [0.1, 0.15) is 49.4 Å². The van der Waals surface area contributed by atoms with Crippen LogP contribution in [0.25, 0.3) is 0 Å². The smallest absolute Gasteiger partial charge is 0.242 e. The lowest BCUT2D eigenvalue weighted by atomic mass is 9.94. The Kier molecular flexibility index (Phi) is 9.72. The molecule has 0 atom stereocenters. The molecule has 1 aromatic carbocycles. The summed E-state index contributed by atoms with van der Waals surface area (Å²) in [6, 6.07) is 14.1. The third-order valence-corrected chi connectivity index (χ3v) is 5.87. The van der Waals surface area contributed by atoms with Gasteiger partial charge in [-0.05, 0) is 38.0 Å². The molecule has 1 heterocycles. The Morgan fingerprint density at radius 1 is 1.00 bits per heavy atom. The number of carbonyl (C=O) groups excluding carboxylic acids is 2. The lowest BCUT2D eigenvalue weighted by Gasteiger charge is -2.31. The van der Waals surface area contributed by atoms with Crippen LogP contribution in [0.3, 0.4) is 0 Å². The summed E-state index contributed by atoms with van der Waals surface area (Å²) in [5.74, 6) is -0.0482. The first-order chi connectivity index (χ1) is 14.7. The van der Waals surface area contributed by atoms with Crippen LogP contribution in [0.2, 0.25) is 0 Å². The van der Waals surface area contributed by atoms with Crippen LogP contribution in [0, 0.1) is 12.3 Å². The molecule has 0 unspecified atom stereocenters. The highest BCUT2D eigenvalue weighted by Crippen LogP contribution is 2.21. The summed E-state index contributed by atoms with van der Waals surface area (Å²) >= 11 is 1.70. The molecule has 170 valence electrons. The van der Waals surface area contributed by atoms with E-state index in [1.165, 1.54) is 4.88 Å². The molecule has 1 aromatic heterocycles. The van der Waals surface area contributed by atoms with E-state index in [0.29, 0.717) is 39.3 Å². The molecule has 5 nitrogen and oxygen atoms in total. The first kappa shape index (κ1) is 25.1. The fourth-order valence-corrected chi connectivity index (χ4v) is 4.19.